The Morgan fingerprint density at radius 2 is 2.06 bits per heavy atom. The molecular formula is C11H16BNO3. The number of carbonyl (C=O) groups excluding carboxylic acids is 1. The molecule has 1 heterocycles. The molecule has 16 heavy (non-hydrogen) atoms. The molecule has 0 aliphatic carbocycles. The van der Waals surface area contributed by atoms with E-state index in [1.165, 1.54) is 0 Å². The van der Waals surface area contributed by atoms with Crippen LogP contribution in [0, 0.1) is 13.8 Å². The van der Waals surface area contributed by atoms with E-state index in [0.29, 0.717) is 28.8 Å². The number of Topliss-reactive ketones (excluding diaryl/α,β-unsaturated/α-hetero) is 1. The second-order valence-corrected chi connectivity index (χ2v) is 3.87. The van der Waals surface area contributed by atoms with Gasteiger partial charge in [0.2, 0.25) is 0 Å². The van der Waals surface area contributed by atoms with Crippen molar-refractivity contribution in [3.05, 3.63) is 23.0 Å². The first-order valence-electron chi connectivity index (χ1n) is 5.34. The van der Waals surface area contributed by atoms with Gasteiger partial charge >= 0.3 is 7.12 Å². The molecule has 0 atom stereocenters. The molecule has 0 amide bonds. The average Bonchev–Trinajstić information content (AvgIpc) is 2.16. The number of rotatable bonds is 4. The smallest absolute Gasteiger partial charge is 0.423 e. The number of aromatic nitrogens is 1. The Hall–Kier alpha value is -1.20. The van der Waals surface area contributed by atoms with Crippen molar-refractivity contribution in [2.24, 2.45) is 0 Å². The lowest BCUT2D eigenvalue weighted by atomic mass is 9.76. The molecule has 0 unspecified atom stereocenters. The van der Waals surface area contributed by atoms with Gasteiger partial charge in [0.1, 0.15) is 5.69 Å². The molecular weight excluding hydrogens is 205 g/mol. The summed E-state index contributed by atoms with van der Waals surface area (Å²) in [6.45, 7) is 5.35. The van der Waals surface area contributed by atoms with Crippen LogP contribution in [0.4, 0.5) is 0 Å². The SMILES string of the molecule is CCCC(=O)c1cc(C)c(B(O)O)c(C)n1. The Labute approximate surface area is 95.5 Å². The van der Waals surface area contributed by atoms with Crippen LogP contribution in [0.1, 0.15) is 41.5 Å². The maximum absolute atomic E-state index is 11.6. The third-order valence-electron chi connectivity index (χ3n) is 2.48. The highest BCUT2D eigenvalue weighted by Crippen LogP contribution is 2.07. The van der Waals surface area contributed by atoms with Crippen LogP contribution in [0.5, 0.6) is 0 Å². The Kier molecular flexibility index (Phi) is 4.21. The lowest BCUT2D eigenvalue weighted by Crippen LogP contribution is -2.35. The quantitative estimate of drug-likeness (QED) is 0.568. The van der Waals surface area contributed by atoms with Crippen molar-refractivity contribution in [1.29, 1.82) is 0 Å². The summed E-state index contributed by atoms with van der Waals surface area (Å²) < 4.78 is 0. The van der Waals surface area contributed by atoms with Crippen LogP contribution in [-0.4, -0.2) is 27.9 Å². The monoisotopic (exact) mass is 221 g/mol. The molecule has 4 nitrogen and oxygen atoms in total. The molecule has 1 aromatic rings. The van der Waals surface area contributed by atoms with Crippen LogP contribution < -0.4 is 5.46 Å². The van der Waals surface area contributed by atoms with Crippen molar-refractivity contribution in [2.75, 3.05) is 0 Å². The number of nitrogens with zero attached hydrogens (tertiary/aromatic N) is 1. The summed E-state index contributed by atoms with van der Waals surface area (Å²) in [5.41, 5.74) is 1.96. The van der Waals surface area contributed by atoms with Gasteiger partial charge < -0.3 is 10.0 Å². The van der Waals surface area contributed by atoms with E-state index in [0.717, 1.165) is 6.42 Å². The van der Waals surface area contributed by atoms with E-state index in [9.17, 15) is 4.79 Å². The Balaban J connectivity index is 3.14. The zero-order chi connectivity index (χ0) is 12.3. The first-order chi connectivity index (χ1) is 7.47. The average molecular weight is 221 g/mol. The second-order valence-electron chi connectivity index (χ2n) is 3.87. The summed E-state index contributed by atoms with van der Waals surface area (Å²) in [4.78, 5) is 15.7. The van der Waals surface area contributed by atoms with Crippen molar-refractivity contribution in [2.45, 2.75) is 33.6 Å². The van der Waals surface area contributed by atoms with Gasteiger partial charge in [-0.15, -0.1) is 0 Å². The maximum atomic E-state index is 11.6. The van der Waals surface area contributed by atoms with Gasteiger partial charge in [-0.2, -0.15) is 0 Å². The first kappa shape index (κ1) is 12.9. The number of hydrogen-bond acceptors (Lipinski definition) is 4. The number of pyridine rings is 1. The molecule has 0 aromatic carbocycles. The standard InChI is InChI=1S/C11H16BNO3/c1-4-5-10(14)9-6-7(2)11(12(15)16)8(3)13-9/h6,15-16H,4-5H2,1-3H3. The number of hydrogen-bond donors (Lipinski definition) is 2. The van der Waals surface area contributed by atoms with Crippen LogP contribution in [0.3, 0.4) is 0 Å². The fraction of sp³-hybridized carbons (Fsp3) is 0.455. The van der Waals surface area contributed by atoms with Crippen LogP contribution in [0.25, 0.3) is 0 Å². The van der Waals surface area contributed by atoms with Crippen molar-refractivity contribution in [3.8, 4) is 0 Å². The molecule has 86 valence electrons. The molecule has 0 aliphatic heterocycles. The van der Waals surface area contributed by atoms with Crippen LogP contribution >= 0.6 is 0 Å². The van der Waals surface area contributed by atoms with Crippen molar-refractivity contribution < 1.29 is 14.8 Å². The Bertz CT molecular complexity index is 381. The third-order valence-corrected chi connectivity index (χ3v) is 2.48. The third kappa shape index (κ3) is 2.68. The van der Waals surface area contributed by atoms with E-state index in [2.05, 4.69) is 4.98 Å². The molecule has 0 spiro atoms. The number of aryl methyl sites for hydroxylation is 2. The highest BCUT2D eigenvalue weighted by molar-refractivity contribution is 6.59. The molecule has 1 aromatic heterocycles. The maximum Gasteiger partial charge on any atom is 0.490 e. The molecule has 0 bridgehead atoms. The minimum Gasteiger partial charge on any atom is -0.423 e. The molecule has 0 aliphatic rings. The largest absolute Gasteiger partial charge is 0.490 e. The van der Waals surface area contributed by atoms with Gasteiger partial charge in [-0.3, -0.25) is 9.78 Å². The molecule has 0 fully saturated rings. The van der Waals surface area contributed by atoms with E-state index in [4.69, 9.17) is 10.0 Å². The van der Waals surface area contributed by atoms with Gasteiger partial charge in [-0.25, -0.2) is 0 Å². The summed E-state index contributed by atoms with van der Waals surface area (Å²) in [6, 6.07) is 1.61. The van der Waals surface area contributed by atoms with E-state index in [1.807, 2.05) is 6.92 Å². The predicted octanol–water partition coefficient (Wildman–Crippen LogP) is 0.361. The Morgan fingerprint density at radius 3 is 2.50 bits per heavy atom. The van der Waals surface area contributed by atoms with Gasteiger partial charge in [0, 0.05) is 17.6 Å². The minimum absolute atomic E-state index is 0.00678. The first-order valence-corrected chi connectivity index (χ1v) is 5.34. The fourth-order valence-corrected chi connectivity index (χ4v) is 1.73. The zero-order valence-corrected chi connectivity index (χ0v) is 9.82. The Morgan fingerprint density at radius 1 is 1.44 bits per heavy atom. The van der Waals surface area contributed by atoms with E-state index in [-0.39, 0.29) is 5.78 Å². The summed E-state index contributed by atoms with van der Waals surface area (Å²) in [5, 5.41) is 18.3. The van der Waals surface area contributed by atoms with Crippen molar-refractivity contribution in [1.82, 2.24) is 4.98 Å². The van der Waals surface area contributed by atoms with Crippen LogP contribution in [0.2, 0.25) is 0 Å². The van der Waals surface area contributed by atoms with E-state index < -0.39 is 7.12 Å². The van der Waals surface area contributed by atoms with E-state index in [1.54, 1.807) is 19.9 Å². The lowest BCUT2D eigenvalue weighted by molar-refractivity contribution is 0.0976. The molecule has 0 saturated heterocycles. The van der Waals surface area contributed by atoms with Gasteiger partial charge in [0.15, 0.2) is 5.78 Å². The fourth-order valence-electron chi connectivity index (χ4n) is 1.73. The van der Waals surface area contributed by atoms with Gasteiger partial charge in [-0.05, 0) is 31.9 Å². The number of carbonyl (C=O) groups is 1. The predicted molar refractivity (Wildman–Crippen MR) is 62.8 cm³/mol. The van der Waals surface area contributed by atoms with Crippen molar-refractivity contribution in [3.63, 3.8) is 0 Å². The van der Waals surface area contributed by atoms with Crippen molar-refractivity contribution >= 4 is 18.4 Å². The normalized spacial score (nSPS) is 10.3. The molecule has 0 saturated carbocycles. The summed E-state index contributed by atoms with van der Waals surface area (Å²) in [7, 11) is -1.54. The highest BCUT2D eigenvalue weighted by Gasteiger charge is 2.20. The molecule has 5 heteroatoms. The molecule has 2 N–H and O–H groups in total. The highest BCUT2D eigenvalue weighted by atomic mass is 16.4. The van der Waals surface area contributed by atoms with Gasteiger partial charge in [0.05, 0.1) is 0 Å². The number of ketones is 1. The minimum atomic E-state index is -1.54. The summed E-state index contributed by atoms with van der Waals surface area (Å²) in [5.74, 6) is -0.00678. The van der Waals surface area contributed by atoms with Gasteiger partial charge in [0.25, 0.3) is 0 Å². The van der Waals surface area contributed by atoms with Crippen LogP contribution in [0.15, 0.2) is 6.07 Å². The van der Waals surface area contributed by atoms with E-state index >= 15 is 0 Å². The second kappa shape index (κ2) is 5.23. The molecule has 0 radical (unpaired) electrons. The topological polar surface area (TPSA) is 70.4 Å². The summed E-state index contributed by atoms with van der Waals surface area (Å²) >= 11 is 0. The molecule has 1 rings (SSSR count). The lowest BCUT2D eigenvalue weighted by Gasteiger charge is -2.10. The summed E-state index contributed by atoms with van der Waals surface area (Å²) in [6.07, 6.45) is 1.25. The zero-order valence-electron chi connectivity index (χ0n) is 9.82. The van der Waals surface area contributed by atoms with Crippen LogP contribution in [-0.2, 0) is 0 Å². The van der Waals surface area contributed by atoms with Gasteiger partial charge in [-0.1, -0.05) is 6.92 Å².